The van der Waals surface area contributed by atoms with E-state index in [4.69, 9.17) is 0 Å². The first-order valence-corrected chi connectivity index (χ1v) is 3.99. The normalized spacial score (nSPS) is 8.92. The van der Waals surface area contributed by atoms with E-state index in [9.17, 15) is 0 Å². The largest absolute Gasteiger partial charge is 1.00 e. The molecule has 0 spiro atoms. The number of hydrogen-bond donors (Lipinski definition) is 0. The van der Waals surface area contributed by atoms with E-state index in [0.29, 0.717) is 0 Å². The van der Waals surface area contributed by atoms with Crippen LogP contribution < -0.4 is 29.6 Å². The fourth-order valence-corrected chi connectivity index (χ4v) is 1.19. The molecule has 0 unspecified atom stereocenters. The zero-order valence-electron chi connectivity index (χ0n) is 7.70. The van der Waals surface area contributed by atoms with Crippen LogP contribution in [-0.2, 0) is 0 Å². The fourth-order valence-electron chi connectivity index (χ4n) is 1.19. The second-order valence-corrected chi connectivity index (χ2v) is 2.64. The molecule has 0 aliphatic carbocycles. The summed E-state index contributed by atoms with van der Waals surface area (Å²) in [6.45, 7) is 0. The van der Waals surface area contributed by atoms with Crippen molar-refractivity contribution in [1.29, 1.82) is 0 Å². The summed E-state index contributed by atoms with van der Waals surface area (Å²) in [6, 6.07) is 21.5. The minimum atomic E-state index is 0. The van der Waals surface area contributed by atoms with Gasteiger partial charge in [-0.3, -0.25) is 0 Å². The van der Waals surface area contributed by atoms with Crippen molar-refractivity contribution in [2.24, 2.45) is 0 Å². The third-order valence-corrected chi connectivity index (χ3v) is 1.79. The number of hydrogen-bond acceptors (Lipinski definition) is 0. The van der Waals surface area contributed by atoms with Crippen LogP contribution in [0.3, 0.4) is 0 Å². The molecular formula is C12H9Na. The minimum absolute atomic E-state index is 0. The molecule has 0 atom stereocenters. The van der Waals surface area contributed by atoms with Crippen LogP contribution in [0, 0.1) is 6.07 Å². The fraction of sp³-hybridized carbons (Fsp3) is 0. The van der Waals surface area contributed by atoms with E-state index in [1.165, 1.54) is 5.56 Å². The second-order valence-electron chi connectivity index (χ2n) is 2.64. The quantitative estimate of drug-likeness (QED) is 0.429. The summed E-state index contributed by atoms with van der Waals surface area (Å²) in [5.74, 6) is 0. The van der Waals surface area contributed by atoms with Crippen LogP contribution in [0.5, 0.6) is 0 Å². The van der Waals surface area contributed by atoms with Gasteiger partial charge in [-0.2, -0.15) is 0 Å². The van der Waals surface area contributed by atoms with Gasteiger partial charge < -0.3 is 0 Å². The number of rotatable bonds is 1. The SMILES string of the molecule is [Na+].[c-]1ccccc1-c1ccccc1. The topological polar surface area (TPSA) is 0 Å². The zero-order chi connectivity index (χ0) is 8.23. The Kier molecular flexibility index (Phi) is 4.23. The Balaban J connectivity index is 0.000000845. The van der Waals surface area contributed by atoms with Crippen molar-refractivity contribution in [2.45, 2.75) is 0 Å². The third-order valence-electron chi connectivity index (χ3n) is 1.79. The van der Waals surface area contributed by atoms with E-state index in [1.807, 2.05) is 36.4 Å². The Bertz CT molecular complexity index is 303. The maximum absolute atomic E-state index is 3.18. The maximum Gasteiger partial charge on any atom is 1.00 e. The standard InChI is InChI=1S/C12H9.Na/c1-3-7-11(8-4-1)12-9-5-2-6-10-12;/h1-9H;/q-1;+1. The summed E-state index contributed by atoms with van der Waals surface area (Å²) < 4.78 is 0. The smallest absolute Gasteiger partial charge is 0.147 e. The molecular weight excluding hydrogens is 167 g/mol. The van der Waals surface area contributed by atoms with Crippen LogP contribution in [0.2, 0.25) is 0 Å². The van der Waals surface area contributed by atoms with Gasteiger partial charge in [0.2, 0.25) is 0 Å². The Morgan fingerprint density at radius 3 is 2.08 bits per heavy atom. The molecule has 0 amide bonds. The molecule has 2 aromatic carbocycles. The summed E-state index contributed by atoms with van der Waals surface area (Å²) in [5.41, 5.74) is 2.37. The van der Waals surface area contributed by atoms with Crippen molar-refractivity contribution < 1.29 is 29.6 Å². The molecule has 1 heteroatoms. The van der Waals surface area contributed by atoms with E-state index in [-0.39, 0.29) is 29.6 Å². The molecule has 0 nitrogen and oxygen atoms in total. The molecule has 0 N–H and O–H groups in total. The molecule has 0 aromatic heterocycles. The van der Waals surface area contributed by atoms with Gasteiger partial charge in [-0.25, -0.2) is 0 Å². The first kappa shape index (κ1) is 10.5. The molecule has 0 bridgehead atoms. The molecule has 0 heterocycles. The molecule has 2 aromatic rings. The van der Waals surface area contributed by atoms with Crippen molar-refractivity contribution in [1.82, 2.24) is 0 Å². The van der Waals surface area contributed by atoms with E-state index >= 15 is 0 Å². The molecule has 0 aliphatic heterocycles. The van der Waals surface area contributed by atoms with Crippen molar-refractivity contribution in [2.75, 3.05) is 0 Å². The Hall–Kier alpha value is -0.560. The Morgan fingerprint density at radius 1 is 0.769 bits per heavy atom. The van der Waals surface area contributed by atoms with Crippen LogP contribution in [0.25, 0.3) is 11.1 Å². The molecule has 0 saturated carbocycles. The monoisotopic (exact) mass is 176 g/mol. The van der Waals surface area contributed by atoms with Gasteiger partial charge in [0.25, 0.3) is 0 Å². The average Bonchev–Trinajstić information content (AvgIpc) is 2.21. The van der Waals surface area contributed by atoms with E-state index in [0.717, 1.165) is 5.56 Å². The van der Waals surface area contributed by atoms with Crippen LogP contribution >= 0.6 is 0 Å². The summed E-state index contributed by atoms with van der Waals surface area (Å²) in [5, 5.41) is 0. The molecule has 0 radical (unpaired) electrons. The first-order valence-electron chi connectivity index (χ1n) is 3.99. The first-order chi connectivity index (χ1) is 5.97. The van der Waals surface area contributed by atoms with Gasteiger partial charge in [-0.15, -0.1) is 35.9 Å². The Labute approximate surface area is 101 Å². The van der Waals surface area contributed by atoms with Crippen molar-refractivity contribution in [3.63, 3.8) is 0 Å². The van der Waals surface area contributed by atoms with Crippen molar-refractivity contribution in [3.05, 3.63) is 60.7 Å². The van der Waals surface area contributed by atoms with Crippen LogP contribution in [0.4, 0.5) is 0 Å². The molecule has 0 aliphatic rings. The summed E-state index contributed by atoms with van der Waals surface area (Å²) in [4.78, 5) is 0. The minimum Gasteiger partial charge on any atom is -0.147 e. The summed E-state index contributed by atoms with van der Waals surface area (Å²) in [7, 11) is 0. The van der Waals surface area contributed by atoms with Gasteiger partial charge in [0, 0.05) is 0 Å². The van der Waals surface area contributed by atoms with E-state index in [1.54, 1.807) is 0 Å². The van der Waals surface area contributed by atoms with Crippen molar-refractivity contribution in [3.8, 4) is 11.1 Å². The van der Waals surface area contributed by atoms with Gasteiger partial charge in [-0.05, 0) is 0 Å². The summed E-state index contributed by atoms with van der Waals surface area (Å²) in [6.07, 6.45) is 0. The van der Waals surface area contributed by atoms with Gasteiger partial charge in [0.05, 0.1) is 0 Å². The second kappa shape index (κ2) is 5.23. The van der Waals surface area contributed by atoms with Crippen molar-refractivity contribution >= 4 is 0 Å². The predicted molar refractivity (Wildman–Crippen MR) is 50.7 cm³/mol. The maximum atomic E-state index is 3.18. The van der Waals surface area contributed by atoms with Crippen LogP contribution in [-0.4, -0.2) is 0 Å². The van der Waals surface area contributed by atoms with Crippen LogP contribution in [0.1, 0.15) is 0 Å². The molecule has 13 heavy (non-hydrogen) atoms. The Morgan fingerprint density at radius 2 is 1.46 bits per heavy atom. The van der Waals surface area contributed by atoms with E-state index in [2.05, 4.69) is 24.3 Å². The zero-order valence-corrected chi connectivity index (χ0v) is 9.70. The van der Waals surface area contributed by atoms with Gasteiger partial charge in [-0.1, -0.05) is 35.9 Å². The molecule has 58 valence electrons. The van der Waals surface area contributed by atoms with Crippen LogP contribution in [0.15, 0.2) is 54.6 Å². The average molecular weight is 176 g/mol. The number of benzene rings is 2. The van der Waals surface area contributed by atoms with E-state index < -0.39 is 0 Å². The van der Waals surface area contributed by atoms with Gasteiger partial charge in [0.1, 0.15) is 0 Å². The van der Waals surface area contributed by atoms with Gasteiger partial charge >= 0.3 is 29.6 Å². The van der Waals surface area contributed by atoms with Gasteiger partial charge in [0.15, 0.2) is 0 Å². The molecule has 2 rings (SSSR count). The molecule has 0 fully saturated rings. The third kappa shape index (κ3) is 2.70. The summed E-state index contributed by atoms with van der Waals surface area (Å²) >= 11 is 0. The molecule has 0 saturated heterocycles. The predicted octanol–water partition coefficient (Wildman–Crippen LogP) is 0.158.